The van der Waals surface area contributed by atoms with Gasteiger partial charge in [0.2, 0.25) is 0 Å². The normalized spacial score (nSPS) is 11.1. The van der Waals surface area contributed by atoms with Crippen molar-refractivity contribution in [1.82, 2.24) is 20.4 Å². The Balaban J connectivity index is 1.65. The molecule has 0 saturated carbocycles. The zero-order valence-electron chi connectivity index (χ0n) is 13.3. The summed E-state index contributed by atoms with van der Waals surface area (Å²) < 4.78 is 0. The van der Waals surface area contributed by atoms with Crippen LogP contribution in [-0.4, -0.2) is 35.1 Å². The first-order chi connectivity index (χ1) is 11.1. The molecule has 0 aliphatic rings. The maximum absolute atomic E-state index is 12.3. The molecule has 3 aromatic rings. The van der Waals surface area contributed by atoms with Gasteiger partial charge in [-0.3, -0.25) is 9.89 Å². The lowest BCUT2D eigenvalue weighted by Gasteiger charge is -2.10. The van der Waals surface area contributed by atoms with Crippen molar-refractivity contribution in [2.45, 2.75) is 13.1 Å². The number of nitrogens with zero attached hydrogens (tertiary/aromatic N) is 2. The summed E-state index contributed by atoms with van der Waals surface area (Å²) in [6.45, 7) is 1.40. The average molecular weight is 308 g/mol. The van der Waals surface area contributed by atoms with E-state index in [1.807, 2.05) is 50.5 Å². The van der Waals surface area contributed by atoms with Gasteiger partial charge in [0.15, 0.2) is 5.69 Å². The average Bonchev–Trinajstić information content (AvgIpc) is 2.97. The van der Waals surface area contributed by atoms with E-state index in [2.05, 4.69) is 32.5 Å². The zero-order chi connectivity index (χ0) is 16.2. The van der Waals surface area contributed by atoms with Crippen molar-refractivity contribution in [3.63, 3.8) is 0 Å². The lowest BCUT2D eigenvalue weighted by atomic mass is 10.1. The second kappa shape index (κ2) is 6.62. The molecule has 0 saturated heterocycles. The van der Waals surface area contributed by atoms with Crippen molar-refractivity contribution in [2.75, 3.05) is 14.1 Å². The van der Waals surface area contributed by atoms with Gasteiger partial charge < -0.3 is 10.2 Å². The van der Waals surface area contributed by atoms with Gasteiger partial charge in [-0.2, -0.15) is 5.10 Å². The summed E-state index contributed by atoms with van der Waals surface area (Å²) in [4.78, 5) is 14.4. The lowest BCUT2D eigenvalue weighted by Crippen LogP contribution is -2.23. The fourth-order valence-electron chi connectivity index (χ4n) is 2.53. The van der Waals surface area contributed by atoms with Crippen LogP contribution >= 0.6 is 0 Å². The standard InChI is InChI=1S/C18H20N4O/c1-22(2)12-14-9-7-13(8-10-14)11-19-18(23)17-15-5-3-4-6-16(15)20-21-17/h3-10H,11-12H2,1-2H3,(H,19,23)(H,20,21). The highest BCUT2D eigenvalue weighted by Crippen LogP contribution is 2.15. The van der Waals surface area contributed by atoms with Crippen LogP contribution in [0.5, 0.6) is 0 Å². The Labute approximate surface area is 135 Å². The van der Waals surface area contributed by atoms with Crippen molar-refractivity contribution >= 4 is 16.8 Å². The molecule has 1 heterocycles. The summed E-state index contributed by atoms with van der Waals surface area (Å²) in [7, 11) is 4.09. The fraction of sp³-hybridized carbons (Fsp3) is 0.222. The maximum Gasteiger partial charge on any atom is 0.272 e. The number of carbonyl (C=O) groups is 1. The van der Waals surface area contributed by atoms with Crippen LogP contribution in [0.1, 0.15) is 21.6 Å². The number of para-hydroxylation sites is 1. The Morgan fingerprint density at radius 1 is 1.09 bits per heavy atom. The van der Waals surface area contributed by atoms with Crippen LogP contribution in [0.2, 0.25) is 0 Å². The Morgan fingerprint density at radius 3 is 2.52 bits per heavy atom. The van der Waals surface area contributed by atoms with Crippen molar-refractivity contribution in [1.29, 1.82) is 0 Å². The third kappa shape index (κ3) is 3.57. The number of aromatic nitrogens is 2. The van der Waals surface area contributed by atoms with E-state index in [0.717, 1.165) is 23.0 Å². The zero-order valence-corrected chi connectivity index (χ0v) is 13.3. The summed E-state index contributed by atoms with van der Waals surface area (Å²) in [6, 6.07) is 15.9. The molecule has 0 radical (unpaired) electrons. The van der Waals surface area contributed by atoms with Gasteiger partial charge in [-0.25, -0.2) is 0 Å². The highest BCUT2D eigenvalue weighted by atomic mass is 16.1. The van der Waals surface area contributed by atoms with Crippen LogP contribution < -0.4 is 5.32 Å². The number of rotatable bonds is 5. The molecule has 0 bridgehead atoms. The number of carbonyl (C=O) groups excluding carboxylic acids is 1. The Hall–Kier alpha value is -2.66. The first-order valence-electron chi connectivity index (χ1n) is 7.57. The second-order valence-electron chi connectivity index (χ2n) is 5.85. The van der Waals surface area contributed by atoms with Gasteiger partial charge in [-0.05, 0) is 31.3 Å². The van der Waals surface area contributed by atoms with Gasteiger partial charge in [-0.1, -0.05) is 42.5 Å². The van der Waals surface area contributed by atoms with Crippen molar-refractivity contribution < 1.29 is 4.79 Å². The largest absolute Gasteiger partial charge is 0.347 e. The van der Waals surface area contributed by atoms with Crippen molar-refractivity contribution in [3.05, 3.63) is 65.4 Å². The van der Waals surface area contributed by atoms with Gasteiger partial charge >= 0.3 is 0 Å². The first-order valence-corrected chi connectivity index (χ1v) is 7.57. The van der Waals surface area contributed by atoms with E-state index in [-0.39, 0.29) is 5.91 Å². The number of amides is 1. The highest BCUT2D eigenvalue weighted by Gasteiger charge is 2.13. The van der Waals surface area contributed by atoms with E-state index >= 15 is 0 Å². The van der Waals surface area contributed by atoms with Gasteiger partial charge in [0, 0.05) is 18.5 Å². The molecule has 118 valence electrons. The topological polar surface area (TPSA) is 61.0 Å². The number of fused-ring (bicyclic) bond motifs is 1. The number of H-pyrrole nitrogens is 1. The molecule has 0 aliphatic heterocycles. The highest BCUT2D eigenvalue weighted by molar-refractivity contribution is 6.04. The van der Waals surface area contributed by atoms with Crippen molar-refractivity contribution in [2.24, 2.45) is 0 Å². The van der Waals surface area contributed by atoms with E-state index in [1.165, 1.54) is 5.56 Å². The van der Waals surface area contributed by atoms with Crippen LogP contribution in [0.4, 0.5) is 0 Å². The second-order valence-corrected chi connectivity index (χ2v) is 5.85. The van der Waals surface area contributed by atoms with E-state index in [4.69, 9.17) is 0 Å². The number of aromatic amines is 1. The number of hydrogen-bond donors (Lipinski definition) is 2. The van der Waals surface area contributed by atoms with E-state index in [0.29, 0.717) is 12.2 Å². The molecule has 0 fully saturated rings. The number of hydrogen-bond acceptors (Lipinski definition) is 3. The third-order valence-corrected chi connectivity index (χ3v) is 3.66. The molecular weight excluding hydrogens is 288 g/mol. The number of nitrogens with one attached hydrogen (secondary N) is 2. The molecule has 0 spiro atoms. The molecule has 0 atom stereocenters. The van der Waals surface area contributed by atoms with Crippen LogP contribution in [0.15, 0.2) is 48.5 Å². The summed E-state index contributed by atoms with van der Waals surface area (Å²) in [5.74, 6) is -0.167. The molecule has 3 rings (SSSR count). The van der Waals surface area contributed by atoms with Gasteiger partial charge in [0.1, 0.15) is 0 Å². The minimum atomic E-state index is -0.167. The Bertz CT molecular complexity index is 805. The van der Waals surface area contributed by atoms with Gasteiger partial charge in [-0.15, -0.1) is 0 Å². The predicted octanol–water partition coefficient (Wildman–Crippen LogP) is 2.55. The smallest absolute Gasteiger partial charge is 0.272 e. The third-order valence-electron chi connectivity index (χ3n) is 3.66. The summed E-state index contributed by atoms with van der Waals surface area (Å²) in [6.07, 6.45) is 0. The van der Waals surface area contributed by atoms with Crippen molar-refractivity contribution in [3.8, 4) is 0 Å². The van der Waals surface area contributed by atoms with E-state index < -0.39 is 0 Å². The van der Waals surface area contributed by atoms with E-state index in [9.17, 15) is 4.79 Å². The molecule has 1 amide bonds. The molecule has 2 N–H and O–H groups in total. The number of benzene rings is 2. The first kappa shape index (κ1) is 15.2. The molecule has 5 nitrogen and oxygen atoms in total. The summed E-state index contributed by atoms with van der Waals surface area (Å²) in [5, 5.41) is 10.8. The molecule has 5 heteroatoms. The minimum absolute atomic E-state index is 0.167. The Kier molecular flexibility index (Phi) is 4.39. The molecular formula is C18H20N4O. The quantitative estimate of drug-likeness (QED) is 0.761. The van der Waals surface area contributed by atoms with Crippen LogP contribution in [-0.2, 0) is 13.1 Å². The van der Waals surface area contributed by atoms with Crippen LogP contribution in [0.25, 0.3) is 10.9 Å². The fourth-order valence-corrected chi connectivity index (χ4v) is 2.53. The monoisotopic (exact) mass is 308 g/mol. The maximum atomic E-state index is 12.3. The predicted molar refractivity (Wildman–Crippen MR) is 91.1 cm³/mol. The summed E-state index contributed by atoms with van der Waals surface area (Å²) >= 11 is 0. The van der Waals surface area contributed by atoms with Crippen LogP contribution in [0, 0.1) is 0 Å². The van der Waals surface area contributed by atoms with Gasteiger partial charge in [0.25, 0.3) is 5.91 Å². The Morgan fingerprint density at radius 2 is 1.78 bits per heavy atom. The molecule has 1 aromatic heterocycles. The summed E-state index contributed by atoms with van der Waals surface area (Å²) in [5.41, 5.74) is 3.62. The lowest BCUT2D eigenvalue weighted by molar-refractivity contribution is 0.0947. The molecule has 0 unspecified atom stereocenters. The minimum Gasteiger partial charge on any atom is -0.347 e. The van der Waals surface area contributed by atoms with E-state index in [1.54, 1.807) is 0 Å². The van der Waals surface area contributed by atoms with Crippen LogP contribution in [0.3, 0.4) is 0 Å². The van der Waals surface area contributed by atoms with Gasteiger partial charge in [0.05, 0.1) is 5.52 Å². The molecule has 23 heavy (non-hydrogen) atoms. The molecule has 0 aliphatic carbocycles. The SMILES string of the molecule is CN(C)Cc1ccc(CNC(=O)c2n[nH]c3ccccc23)cc1. The molecule has 2 aromatic carbocycles.